The van der Waals surface area contributed by atoms with E-state index in [0.29, 0.717) is 0 Å². The summed E-state index contributed by atoms with van der Waals surface area (Å²) in [5.41, 5.74) is 0. The topological polar surface area (TPSA) is 0 Å². The first-order chi connectivity index (χ1) is 6.91. The van der Waals surface area contributed by atoms with Crippen LogP contribution in [0.1, 0.15) is 38.5 Å². The second-order valence-electron chi connectivity index (χ2n) is 2.91. The predicted octanol–water partition coefficient (Wildman–Crippen LogP) is 5.06. The number of unbranched alkanes of at least 4 members (excludes halogenated alkanes) is 2. The number of rotatable bonds is 4. The van der Waals surface area contributed by atoms with E-state index in [2.05, 4.69) is 38.5 Å². The van der Waals surface area contributed by atoms with Crippen LogP contribution < -0.4 is 0 Å². The van der Waals surface area contributed by atoms with E-state index < -0.39 is 0 Å². The summed E-state index contributed by atoms with van der Waals surface area (Å²) in [5.74, 6) is 0. The van der Waals surface area contributed by atoms with Crippen LogP contribution >= 0.6 is 0 Å². The van der Waals surface area contributed by atoms with Gasteiger partial charge in [-0.05, 0) is 38.5 Å². The quantitative estimate of drug-likeness (QED) is 0.431. The Balaban J connectivity index is 0. The van der Waals surface area contributed by atoms with E-state index in [4.69, 9.17) is 0 Å². The van der Waals surface area contributed by atoms with E-state index in [0.717, 1.165) is 12.8 Å². The van der Waals surface area contributed by atoms with Crippen molar-refractivity contribution in [1.29, 1.82) is 0 Å². The average molecular weight is 192 g/mol. The molecule has 1 aliphatic rings. The smallest absolute Gasteiger partial charge is 0.0348 e. The summed E-state index contributed by atoms with van der Waals surface area (Å²) in [7, 11) is 0. The molecule has 0 aromatic carbocycles. The fourth-order valence-electron chi connectivity index (χ4n) is 0.996. The van der Waals surface area contributed by atoms with Crippen LogP contribution in [0.3, 0.4) is 0 Å². The highest BCUT2D eigenvalue weighted by Gasteiger charge is 1.84. The first-order valence-electron chi connectivity index (χ1n) is 5.28. The summed E-state index contributed by atoms with van der Waals surface area (Å²) in [4.78, 5) is 0. The minimum atomic E-state index is 1.12. The largest absolute Gasteiger partial charge is 0.106 e. The van der Waals surface area contributed by atoms with Crippen molar-refractivity contribution in [3.63, 3.8) is 0 Å². The van der Waals surface area contributed by atoms with Gasteiger partial charge < -0.3 is 0 Å². The SMILES string of the molecule is C1=CCCC1.C=C.C=CCCCC=C. The molecule has 0 saturated heterocycles. The maximum atomic E-state index is 3.60. The third-order valence-corrected chi connectivity index (χ3v) is 1.72. The molecule has 80 valence electrons. The predicted molar refractivity (Wildman–Crippen MR) is 68.5 cm³/mol. The Bertz CT molecular complexity index is 128. The third kappa shape index (κ3) is 17.2. The van der Waals surface area contributed by atoms with Gasteiger partial charge in [0.05, 0.1) is 0 Å². The second kappa shape index (κ2) is 17.9. The maximum absolute atomic E-state index is 3.60. The van der Waals surface area contributed by atoms with Crippen molar-refractivity contribution in [2.45, 2.75) is 38.5 Å². The second-order valence-corrected chi connectivity index (χ2v) is 2.91. The first-order valence-corrected chi connectivity index (χ1v) is 5.28. The van der Waals surface area contributed by atoms with Crippen molar-refractivity contribution in [1.82, 2.24) is 0 Å². The molecular weight excluding hydrogens is 168 g/mol. The zero-order chi connectivity index (χ0) is 11.1. The molecule has 1 aliphatic carbocycles. The van der Waals surface area contributed by atoms with Crippen molar-refractivity contribution in [3.05, 3.63) is 50.6 Å². The van der Waals surface area contributed by atoms with Crippen molar-refractivity contribution >= 4 is 0 Å². The lowest BCUT2D eigenvalue weighted by Crippen LogP contribution is -1.64. The standard InChI is InChI=1S/C7H12.C5H8.C2H4/c1-3-5-7-6-4-2;1-2-4-5-3-1;1-2/h3-4H,1-2,5-7H2;1-2H,3-5H2;1-2H2. The van der Waals surface area contributed by atoms with Gasteiger partial charge in [0.25, 0.3) is 0 Å². The van der Waals surface area contributed by atoms with Crippen LogP contribution in [-0.4, -0.2) is 0 Å². The Hall–Kier alpha value is -1.04. The summed E-state index contributed by atoms with van der Waals surface area (Å²) in [5, 5.41) is 0. The maximum Gasteiger partial charge on any atom is -0.0348 e. The Labute approximate surface area is 89.7 Å². The zero-order valence-corrected chi connectivity index (χ0v) is 9.38. The highest BCUT2D eigenvalue weighted by molar-refractivity contribution is 4.88. The highest BCUT2D eigenvalue weighted by atomic mass is 13.9. The Morgan fingerprint density at radius 1 is 0.929 bits per heavy atom. The fourth-order valence-corrected chi connectivity index (χ4v) is 0.996. The van der Waals surface area contributed by atoms with Crippen molar-refractivity contribution < 1.29 is 0 Å². The van der Waals surface area contributed by atoms with Crippen LogP contribution in [0.2, 0.25) is 0 Å². The molecule has 0 aromatic heterocycles. The molecule has 1 rings (SSSR count). The summed E-state index contributed by atoms with van der Waals surface area (Å²) < 4.78 is 0. The minimum Gasteiger partial charge on any atom is -0.106 e. The molecule has 0 bridgehead atoms. The van der Waals surface area contributed by atoms with Gasteiger partial charge in [-0.1, -0.05) is 24.3 Å². The van der Waals surface area contributed by atoms with Crippen LogP contribution in [-0.2, 0) is 0 Å². The van der Waals surface area contributed by atoms with E-state index in [1.54, 1.807) is 0 Å². The molecule has 0 heteroatoms. The van der Waals surface area contributed by atoms with Crippen LogP contribution in [0.5, 0.6) is 0 Å². The molecule has 0 unspecified atom stereocenters. The molecule has 0 heterocycles. The molecule has 0 radical (unpaired) electrons. The van der Waals surface area contributed by atoms with Gasteiger partial charge in [-0.3, -0.25) is 0 Å². The number of hydrogen-bond acceptors (Lipinski definition) is 0. The molecule has 0 fully saturated rings. The fraction of sp³-hybridized carbons (Fsp3) is 0.429. The molecule has 0 nitrogen and oxygen atoms in total. The van der Waals surface area contributed by atoms with Gasteiger partial charge in [-0.2, -0.15) is 0 Å². The molecule has 0 atom stereocenters. The summed E-state index contributed by atoms with van der Waals surface area (Å²) >= 11 is 0. The third-order valence-electron chi connectivity index (χ3n) is 1.72. The van der Waals surface area contributed by atoms with Crippen molar-refractivity contribution in [2.75, 3.05) is 0 Å². The van der Waals surface area contributed by atoms with Gasteiger partial charge in [-0.15, -0.1) is 26.3 Å². The summed E-state index contributed by atoms with van der Waals surface area (Å²) in [6.07, 6.45) is 15.8. The normalized spacial score (nSPS) is 11.7. The molecule has 0 aromatic rings. The van der Waals surface area contributed by atoms with E-state index in [1.807, 2.05) is 12.2 Å². The zero-order valence-electron chi connectivity index (χ0n) is 9.38. The number of allylic oxidation sites excluding steroid dienone is 4. The van der Waals surface area contributed by atoms with Crippen LogP contribution in [0, 0.1) is 0 Å². The van der Waals surface area contributed by atoms with E-state index in [-0.39, 0.29) is 0 Å². The van der Waals surface area contributed by atoms with Crippen LogP contribution in [0.15, 0.2) is 50.6 Å². The minimum absolute atomic E-state index is 1.12. The summed E-state index contributed by atoms with van der Waals surface area (Å²) in [6, 6.07) is 0. The van der Waals surface area contributed by atoms with Crippen molar-refractivity contribution in [2.24, 2.45) is 0 Å². The lowest BCUT2D eigenvalue weighted by Gasteiger charge is -1.84. The van der Waals surface area contributed by atoms with Crippen LogP contribution in [0.4, 0.5) is 0 Å². The van der Waals surface area contributed by atoms with E-state index in [9.17, 15) is 0 Å². The Kier molecular flexibility index (Phi) is 19.7. The molecular formula is C14H24. The van der Waals surface area contributed by atoms with E-state index >= 15 is 0 Å². The first kappa shape index (κ1) is 15.4. The molecule has 0 saturated carbocycles. The summed E-state index contributed by atoms with van der Waals surface area (Å²) in [6.45, 7) is 13.2. The average Bonchev–Trinajstić information content (AvgIpc) is 2.80. The highest BCUT2D eigenvalue weighted by Crippen LogP contribution is 2.05. The van der Waals surface area contributed by atoms with E-state index in [1.165, 1.54) is 25.7 Å². The number of hydrogen-bond donors (Lipinski definition) is 0. The van der Waals surface area contributed by atoms with Gasteiger partial charge in [0.1, 0.15) is 0 Å². The van der Waals surface area contributed by atoms with Gasteiger partial charge in [0.15, 0.2) is 0 Å². The Morgan fingerprint density at radius 3 is 1.57 bits per heavy atom. The van der Waals surface area contributed by atoms with Gasteiger partial charge in [0, 0.05) is 0 Å². The Morgan fingerprint density at radius 2 is 1.36 bits per heavy atom. The van der Waals surface area contributed by atoms with Crippen molar-refractivity contribution in [3.8, 4) is 0 Å². The van der Waals surface area contributed by atoms with Gasteiger partial charge >= 0.3 is 0 Å². The molecule has 0 N–H and O–H groups in total. The monoisotopic (exact) mass is 192 g/mol. The lowest BCUT2D eigenvalue weighted by atomic mass is 10.2. The molecule has 0 aliphatic heterocycles. The van der Waals surface area contributed by atoms with Gasteiger partial charge in [0.2, 0.25) is 0 Å². The molecule has 0 amide bonds. The van der Waals surface area contributed by atoms with Crippen LogP contribution in [0.25, 0.3) is 0 Å². The van der Waals surface area contributed by atoms with Gasteiger partial charge in [-0.25, -0.2) is 0 Å². The lowest BCUT2D eigenvalue weighted by molar-refractivity contribution is 0.871. The molecule has 14 heavy (non-hydrogen) atoms. The molecule has 0 spiro atoms.